The van der Waals surface area contributed by atoms with Crippen LogP contribution in [0.2, 0.25) is 0 Å². The molecule has 20 heavy (non-hydrogen) atoms. The number of ether oxygens (including phenoxy) is 1. The van der Waals surface area contributed by atoms with Crippen LogP contribution in [-0.2, 0) is 4.74 Å². The molecule has 2 aromatic carbocycles. The van der Waals surface area contributed by atoms with Gasteiger partial charge in [0.15, 0.2) is 0 Å². The zero-order valence-corrected chi connectivity index (χ0v) is 10.9. The van der Waals surface area contributed by atoms with Crippen LogP contribution in [0, 0.1) is 0 Å². The number of nitrogen functional groups attached to an aromatic ring is 1. The summed E-state index contributed by atoms with van der Waals surface area (Å²) in [5.41, 5.74) is 7.44. The van der Waals surface area contributed by atoms with Gasteiger partial charge < -0.3 is 15.8 Å². The monoisotopic (exact) mass is 270 g/mol. The first-order valence-corrected chi connectivity index (χ1v) is 5.96. The third kappa shape index (κ3) is 2.95. The summed E-state index contributed by atoms with van der Waals surface area (Å²) in [4.78, 5) is 23.3. The molecule has 0 heterocycles. The average Bonchev–Trinajstić information content (AvgIpc) is 2.49. The van der Waals surface area contributed by atoms with Gasteiger partial charge in [-0.2, -0.15) is 0 Å². The van der Waals surface area contributed by atoms with Crippen molar-refractivity contribution in [2.24, 2.45) is 0 Å². The fraction of sp³-hybridized carbons (Fsp3) is 0.0667. The fourth-order valence-electron chi connectivity index (χ4n) is 1.71. The van der Waals surface area contributed by atoms with Crippen LogP contribution in [0.4, 0.5) is 11.4 Å². The quantitative estimate of drug-likeness (QED) is 0.662. The molecule has 0 aliphatic rings. The van der Waals surface area contributed by atoms with Crippen LogP contribution in [0.3, 0.4) is 0 Å². The Bertz CT molecular complexity index is 639. The molecule has 0 radical (unpaired) electrons. The smallest absolute Gasteiger partial charge is 0.337 e. The predicted molar refractivity (Wildman–Crippen MR) is 76.6 cm³/mol. The highest BCUT2D eigenvalue weighted by molar-refractivity contribution is 6.06. The molecule has 0 aliphatic heterocycles. The number of carbonyl (C=O) groups excluding carboxylic acids is 2. The fourth-order valence-corrected chi connectivity index (χ4v) is 1.71. The van der Waals surface area contributed by atoms with Crippen LogP contribution >= 0.6 is 0 Å². The highest BCUT2D eigenvalue weighted by Gasteiger charge is 2.11. The first kappa shape index (κ1) is 13.6. The number of hydrogen-bond acceptors (Lipinski definition) is 4. The number of nitrogens with one attached hydrogen (secondary N) is 1. The summed E-state index contributed by atoms with van der Waals surface area (Å²) in [6.45, 7) is 0. The number of rotatable bonds is 3. The summed E-state index contributed by atoms with van der Waals surface area (Å²) in [5, 5.41) is 2.69. The van der Waals surface area contributed by atoms with Crippen molar-refractivity contribution >= 4 is 23.3 Å². The summed E-state index contributed by atoms with van der Waals surface area (Å²) in [7, 11) is 1.30. The molecule has 0 atom stereocenters. The first-order valence-electron chi connectivity index (χ1n) is 5.96. The Labute approximate surface area is 116 Å². The van der Waals surface area contributed by atoms with Gasteiger partial charge >= 0.3 is 5.97 Å². The van der Waals surface area contributed by atoms with E-state index < -0.39 is 5.97 Å². The summed E-state index contributed by atoms with van der Waals surface area (Å²) in [6.07, 6.45) is 0. The molecular weight excluding hydrogens is 256 g/mol. The van der Waals surface area contributed by atoms with E-state index in [1.807, 2.05) is 6.07 Å². The van der Waals surface area contributed by atoms with Gasteiger partial charge in [0.2, 0.25) is 0 Å². The SMILES string of the molecule is COC(=O)c1ccc(NC(=O)c2ccccc2)c(N)c1. The second-order valence-electron chi connectivity index (χ2n) is 4.11. The van der Waals surface area contributed by atoms with E-state index in [1.54, 1.807) is 36.4 Å². The van der Waals surface area contributed by atoms with Gasteiger partial charge in [0.1, 0.15) is 0 Å². The largest absolute Gasteiger partial charge is 0.465 e. The third-order valence-electron chi connectivity index (χ3n) is 2.76. The lowest BCUT2D eigenvalue weighted by Crippen LogP contribution is -2.13. The molecule has 2 rings (SSSR count). The molecule has 0 spiro atoms. The lowest BCUT2D eigenvalue weighted by atomic mass is 10.1. The van der Waals surface area contributed by atoms with Gasteiger partial charge in [-0.15, -0.1) is 0 Å². The van der Waals surface area contributed by atoms with Crippen molar-refractivity contribution in [3.05, 3.63) is 59.7 Å². The van der Waals surface area contributed by atoms with Crippen molar-refractivity contribution in [3.8, 4) is 0 Å². The molecule has 0 aliphatic carbocycles. The Morgan fingerprint density at radius 1 is 1.05 bits per heavy atom. The lowest BCUT2D eigenvalue weighted by molar-refractivity contribution is 0.0600. The van der Waals surface area contributed by atoms with Crippen molar-refractivity contribution in [1.29, 1.82) is 0 Å². The minimum Gasteiger partial charge on any atom is -0.465 e. The van der Waals surface area contributed by atoms with Crippen LogP contribution in [-0.4, -0.2) is 19.0 Å². The van der Waals surface area contributed by atoms with Crippen molar-refractivity contribution in [2.75, 3.05) is 18.2 Å². The number of hydrogen-bond donors (Lipinski definition) is 2. The molecule has 0 aromatic heterocycles. The molecule has 0 unspecified atom stereocenters. The van der Waals surface area contributed by atoms with Gasteiger partial charge in [0.25, 0.3) is 5.91 Å². The van der Waals surface area contributed by atoms with E-state index in [0.29, 0.717) is 22.5 Å². The zero-order chi connectivity index (χ0) is 14.5. The van der Waals surface area contributed by atoms with E-state index in [1.165, 1.54) is 13.2 Å². The van der Waals surface area contributed by atoms with Gasteiger partial charge in [0.05, 0.1) is 24.0 Å². The summed E-state index contributed by atoms with van der Waals surface area (Å²) < 4.78 is 4.60. The van der Waals surface area contributed by atoms with E-state index in [9.17, 15) is 9.59 Å². The molecule has 1 amide bonds. The van der Waals surface area contributed by atoms with Crippen LogP contribution in [0.15, 0.2) is 48.5 Å². The maximum Gasteiger partial charge on any atom is 0.337 e. The van der Waals surface area contributed by atoms with Crippen LogP contribution in [0.5, 0.6) is 0 Å². The van der Waals surface area contributed by atoms with Gasteiger partial charge in [-0.3, -0.25) is 4.79 Å². The van der Waals surface area contributed by atoms with Crippen molar-refractivity contribution < 1.29 is 14.3 Å². The number of esters is 1. The zero-order valence-electron chi connectivity index (χ0n) is 10.9. The van der Waals surface area contributed by atoms with Crippen molar-refractivity contribution in [3.63, 3.8) is 0 Å². The molecule has 0 bridgehead atoms. The molecule has 3 N–H and O–H groups in total. The van der Waals surface area contributed by atoms with E-state index in [0.717, 1.165) is 0 Å². The molecule has 0 saturated carbocycles. The molecule has 0 fully saturated rings. The van der Waals surface area contributed by atoms with Gasteiger partial charge in [0, 0.05) is 5.56 Å². The first-order chi connectivity index (χ1) is 9.61. The molecule has 5 nitrogen and oxygen atoms in total. The van der Waals surface area contributed by atoms with Crippen LogP contribution < -0.4 is 11.1 Å². The number of amides is 1. The molecule has 102 valence electrons. The Morgan fingerprint density at radius 2 is 1.75 bits per heavy atom. The number of anilines is 2. The average molecular weight is 270 g/mol. The molecule has 0 saturated heterocycles. The number of methoxy groups -OCH3 is 1. The highest BCUT2D eigenvalue weighted by atomic mass is 16.5. The lowest BCUT2D eigenvalue weighted by Gasteiger charge is -2.09. The topological polar surface area (TPSA) is 81.4 Å². The Morgan fingerprint density at radius 3 is 2.35 bits per heavy atom. The molecule has 5 heteroatoms. The minimum absolute atomic E-state index is 0.261. The van der Waals surface area contributed by atoms with E-state index in [-0.39, 0.29) is 5.91 Å². The third-order valence-corrected chi connectivity index (χ3v) is 2.76. The summed E-state index contributed by atoms with van der Waals surface area (Å²) in [6, 6.07) is 13.4. The molecular formula is C15H14N2O3. The Balaban J connectivity index is 2.18. The second-order valence-corrected chi connectivity index (χ2v) is 4.11. The predicted octanol–water partition coefficient (Wildman–Crippen LogP) is 2.31. The highest BCUT2D eigenvalue weighted by Crippen LogP contribution is 2.21. The van der Waals surface area contributed by atoms with Crippen molar-refractivity contribution in [1.82, 2.24) is 0 Å². The van der Waals surface area contributed by atoms with E-state index in [2.05, 4.69) is 10.1 Å². The maximum absolute atomic E-state index is 12.0. The van der Waals surface area contributed by atoms with Crippen LogP contribution in [0.25, 0.3) is 0 Å². The van der Waals surface area contributed by atoms with Crippen LogP contribution in [0.1, 0.15) is 20.7 Å². The summed E-state index contributed by atoms with van der Waals surface area (Å²) in [5.74, 6) is -0.735. The van der Waals surface area contributed by atoms with Gasteiger partial charge in [-0.1, -0.05) is 18.2 Å². The normalized spacial score (nSPS) is 9.85. The van der Waals surface area contributed by atoms with E-state index >= 15 is 0 Å². The van der Waals surface area contributed by atoms with Gasteiger partial charge in [-0.05, 0) is 30.3 Å². The Hall–Kier alpha value is -2.82. The maximum atomic E-state index is 12.0. The number of carbonyl (C=O) groups is 2. The Kier molecular flexibility index (Phi) is 4.00. The van der Waals surface area contributed by atoms with Crippen molar-refractivity contribution in [2.45, 2.75) is 0 Å². The molecule has 2 aromatic rings. The number of benzene rings is 2. The number of nitrogens with two attached hydrogens (primary N) is 1. The van der Waals surface area contributed by atoms with Gasteiger partial charge in [-0.25, -0.2) is 4.79 Å². The minimum atomic E-state index is -0.474. The standard InChI is InChI=1S/C15H14N2O3/c1-20-15(19)11-7-8-13(12(16)9-11)17-14(18)10-5-3-2-4-6-10/h2-9H,16H2,1H3,(H,17,18). The second kappa shape index (κ2) is 5.88. The summed E-state index contributed by atoms with van der Waals surface area (Å²) >= 11 is 0. The van der Waals surface area contributed by atoms with E-state index in [4.69, 9.17) is 5.73 Å².